The molecular formula is C22H26N2O4. The number of hydrogen-bond acceptors (Lipinski definition) is 3. The molecule has 28 heavy (non-hydrogen) atoms. The van der Waals surface area contributed by atoms with Crippen LogP contribution in [0, 0.1) is 13.8 Å². The maximum Gasteiger partial charge on any atom is 0.330 e. The number of nitrogens with zero attached hydrogens (tertiary/aromatic N) is 1. The van der Waals surface area contributed by atoms with E-state index < -0.39 is 17.9 Å². The molecule has 0 saturated heterocycles. The van der Waals surface area contributed by atoms with E-state index in [9.17, 15) is 19.5 Å². The molecule has 0 aliphatic carbocycles. The zero-order chi connectivity index (χ0) is 20.7. The van der Waals surface area contributed by atoms with Crippen molar-refractivity contribution < 1.29 is 19.5 Å². The van der Waals surface area contributed by atoms with Crippen LogP contribution in [0.15, 0.2) is 48.5 Å². The molecule has 2 N–H and O–H groups in total. The van der Waals surface area contributed by atoms with Gasteiger partial charge in [-0.05, 0) is 36.1 Å². The summed E-state index contributed by atoms with van der Waals surface area (Å²) < 4.78 is 0. The summed E-state index contributed by atoms with van der Waals surface area (Å²) in [4.78, 5) is 37.4. The van der Waals surface area contributed by atoms with Gasteiger partial charge in [0.1, 0.15) is 0 Å². The molecule has 2 aromatic carbocycles. The molecule has 6 heteroatoms. The number of carbonyl (C=O) groups excluding carboxylic acids is 2. The maximum absolute atomic E-state index is 12.4. The number of carboxylic acid groups (broad SMARTS) is 1. The highest BCUT2D eigenvalue weighted by atomic mass is 16.4. The lowest BCUT2D eigenvalue weighted by Gasteiger charge is -2.22. The Morgan fingerprint density at radius 3 is 2.29 bits per heavy atom. The summed E-state index contributed by atoms with van der Waals surface area (Å²) >= 11 is 0. The van der Waals surface area contributed by atoms with E-state index in [1.54, 1.807) is 17.0 Å². The molecule has 2 rings (SSSR count). The molecule has 0 spiro atoms. The fourth-order valence-electron chi connectivity index (χ4n) is 2.85. The van der Waals surface area contributed by atoms with E-state index in [-0.39, 0.29) is 18.9 Å². The molecule has 1 unspecified atom stereocenters. The zero-order valence-corrected chi connectivity index (χ0v) is 16.4. The van der Waals surface area contributed by atoms with Gasteiger partial charge in [-0.25, -0.2) is 4.79 Å². The van der Waals surface area contributed by atoms with Gasteiger partial charge >= 0.3 is 5.97 Å². The Morgan fingerprint density at radius 1 is 1.04 bits per heavy atom. The average Bonchev–Trinajstić information content (AvgIpc) is 2.65. The first-order valence-corrected chi connectivity index (χ1v) is 9.16. The van der Waals surface area contributed by atoms with Crippen LogP contribution in [0.25, 0.3) is 0 Å². The van der Waals surface area contributed by atoms with Crippen LogP contribution >= 0.6 is 0 Å². The van der Waals surface area contributed by atoms with Crippen molar-refractivity contribution >= 4 is 17.8 Å². The van der Waals surface area contributed by atoms with Gasteiger partial charge in [0.05, 0.1) is 0 Å². The van der Waals surface area contributed by atoms with Crippen molar-refractivity contribution in [2.45, 2.75) is 39.8 Å². The van der Waals surface area contributed by atoms with Gasteiger partial charge in [-0.15, -0.1) is 0 Å². The van der Waals surface area contributed by atoms with Crippen molar-refractivity contribution in [2.24, 2.45) is 0 Å². The predicted octanol–water partition coefficient (Wildman–Crippen LogP) is 2.98. The molecule has 0 heterocycles. The first-order chi connectivity index (χ1) is 13.3. The van der Waals surface area contributed by atoms with E-state index in [0.29, 0.717) is 12.1 Å². The standard InChI is InChI=1S/C22H26N2O4/c1-15-9-10-19(13-16(15)2)21(22(27)28)23-20(26)11-12-24(17(3)25)14-18-7-5-4-6-8-18/h4-10,13,21H,11-12,14H2,1-3H3,(H,23,26)(H,27,28). The summed E-state index contributed by atoms with van der Waals surface area (Å²) in [6.07, 6.45) is 0.0288. The molecule has 0 aliphatic heterocycles. The monoisotopic (exact) mass is 382 g/mol. The second-order valence-corrected chi connectivity index (χ2v) is 6.86. The number of carboxylic acids is 1. The highest BCUT2D eigenvalue weighted by Gasteiger charge is 2.23. The fourth-order valence-corrected chi connectivity index (χ4v) is 2.85. The van der Waals surface area contributed by atoms with Gasteiger partial charge in [-0.3, -0.25) is 9.59 Å². The van der Waals surface area contributed by atoms with Crippen LogP contribution < -0.4 is 5.32 Å². The number of aliphatic carboxylic acids is 1. The van der Waals surface area contributed by atoms with E-state index in [2.05, 4.69) is 5.32 Å². The number of nitrogens with one attached hydrogen (secondary N) is 1. The van der Waals surface area contributed by atoms with Crippen molar-refractivity contribution in [1.29, 1.82) is 0 Å². The van der Waals surface area contributed by atoms with Gasteiger partial charge in [0.25, 0.3) is 0 Å². The van der Waals surface area contributed by atoms with Crippen LogP contribution in [-0.2, 0) is 20.9 Å². The van der Waals surface area contributed by atoms with Crippen LogP contribution in [0.5, 0.6) is 0 Å². The first-order valence-electron chi connectivity index (χ1n) is 9.16. The quantitative estimate of drug-likeness (QED) is 0.735. The summed E-state index contributed by atoms with van der Waals surface area (Å²) in [5.41, 5.74) is 3.51. The lowest BCUT2D eigenvalue weighted by Crippen LogP contribution is -2.37. The number of hydrogen-bond donors (Lipinski definition) is 2. The van der Waals surface area contributed by atoms with Gasteiger partial charge in [-0.2, -0.15) is 0 Å². The van der Waals surface area contributed by atoms with Gasteiger partial charge in [-0.1, -0.05) is 48.5 Å². The molecule has 2 amide bonds. The molecule has 0 bridgehead atoms. The van der Waals surface area contributed by atoms with Gasteiger partial charge in [0.2, 0.25) is 11.8 Å². The Labute approximate surface area is 165 Å². The first kappa shape index (κ1) is 21.2. The van der Waals surface area contributed by atoms with Crippen molar-refractivity contribution in [2.75, 3.05) is 6.54 Å². The number of rotatable bonds is 8. The van der Waals surface area contributed by atoms with E-state index >= 15 is 0 Å². The van der Waals surface area contributed by atoms with E-state index in [0.717, 1.165) is 16.7 Å². The summed E-state index contributed by atoms with van der Waals surface area (Å²) in [5, 5.41) is 12.1. The van der Waals surface area contributed by atoms with Crippen LogP contribution in [0.2, 0.25) is 0 Å². The normalized spacial score (nSPS) is 11.5. The largest absolute Gasteiger partial charge is 0.479 e. The summed E-state index contributed by atoms with van der Waals surface area (Å²) in [5.74, 6) is -1.67. The third-order valence-electron chi connectivity index (χ3n) is 4.69. The Kier molecular flexibility index (Phi) is 7.32. The van der Waals surface area contributed by atoms with E-state index in [1.165, 1.54) is 6.92 Å². The molecule has 0 aliphatic rings. The van der Waals surface area contributed by atoms with Crippen LogP contribution in [0.3, 0.4) is 0 Å². The number of benzene rings is 2. The highest BCUT2D eigenvalue weighted by Crippen LogP contribution is 2.18. The average molecular weight is 382 g/mol. The van der Waals surface area contributed by atoms with Crippen molar-refractivity contribution in [3.05, 3.63) is 70.8 Å². The molecule has 0 radical (unpaired) electrons. The molecule has 2 aromatic rings. The Hall–Kier alpha value is -3.15. The minimum absolute atomic E-state index is 0.0288. The van der Waals surface area contributed by atoms with Crippen molar-refractivity contribution in [3.8, 4) is 0 Å². The minimum atomic E-state index is -1.12. The van der Waals surface area contributed by atoms with E-state index in [1.807, 2.05) is 50.2 Å². The molecular weight excluding hydrogens is 356 g/mol. The van der Waals surface area contributed by atoms with Gasteiger partial charge < -0.3 is 15.3 Å². The van der Waals surface area contributed by atoms with Crippen LogP contribution in [0.4, 0.5) is 0 Å². The molecule has 6 nitrogen and oxygen atoms in total. The third-order valence-corrected chi connectivity index (χ3v) is 4.69. The Morgan fingerprint density at radius 2 is 1.71 bits per heavy atom. The summed E-state index contributed by atoms with van der Waals surface area (Å²) in [6.45, 7) is 5.92. The molecule has 0 fully saturated rings. The maximum atomic E-state index is 12.4. The topological polar surface area (TPSA) is 86.7 Å². The highest BCUT2D eigenvalue weighted by molar-refractivity contribution is 5.85. The van der Waals surface area contributed by atoms with E-state index in [4.69, 9.17) is 0 Å². The van der Waals surface area contributed by atoms with Gasteiger partial charge in [0, 0.05) is 26.4 Å². The van der Waals surface area contributed by atoms with Crippen molar-refractivity contribution in [1.82, 2.24) is 10.2 Å². The zero-order valence-electron chi connectivity index (χ0n) is 16.4. The lowest BCUT2D eigenvalue weighted by molar-refractivity contribution is -0.142. The second-order valence-electron chi connectivity index (χ2n) is 6.86. The summed E-state index contributed by atoms with van der Waals surface area (Å²) in [7, 11) is 0. The predicted molar refractivity (Wildman–Crippen MR) is 107 cm³/mol. The molecule has 148 valence electrons. The second kappa shape index (κ2) is 9.69. The molecule has 1 atom stereocenters. The SMILES string of the molecule is CC(=O)N(CCC(=O)NC(C(=O)O)c1ccc(C)c(C)c1)Cc1ccccc1. The number of carbonyl (C=O) groups is 3. The van der Waals surface area contributed by atoms with Crippen LogP contribution in [0.1, 0.15) is 41.6 Å². The van der Waals surface area contributed by atoms with Crippen molar-refractivity contribution in [3.63, 3.8) is 0 Å². The molecule has 0 saturated carbocycles. The number of amides is 2. The Bertz CT molecular complexity index is 849. The lowest BCUT2D eigenvalue weighted by atomic mass is 10.0. The third kappa shape index (κ3) is 5.94. The van der Waals surface area contributed by atoms with Crippen LogP contribution in [-0.4, -0.2) is 34.3 Å². The number of aryl methyl sites for hydroxylation is 2. The summed E-state index contributed by atoms with van der Waals surface area (Å²) in [6, 6.07) is 13.7. The fraction of sp³-hybridized carbons (Fsp3) is 0.318. The minimum Gasteiger partial charge on any atom is -0.479 e. The van der Waals surface area contributed by atoms with Gasteiger partial charge in [0.15, 0.2) is 6.04 Å². The smallest absolute Gasteiger partial charge is 0.330 e. The Balaban J connectivity index is 2.00. The molecule has 0 aromatic heterocycles.